The Hall–Kier alpha value is -0.120. The molecule has 0 aromatic carbocycles. The van der Waals surface area contributed by atoms with E-state index in [0.29, 0.717) is 24.1 Å². The first kappa shape index (κ1) is 9.44. The molecular weight excluding hydrogens is 164 g/mol. The summed E-state index contributed by atoms with van der Waals surface area (Å²) in [4.78, 5) is 2.43. The molecule has 4 unspecified atom stereocenters. The third kappa shape index (κ3) is 1.30. The summed E-state index contributed by atoms with van der Waals surface area (Å²) in [6.07, 6.45) is 1.61. The smallest absolute Gasteiger partial charge is 0.0789 e. The molecule has 2 N–H and O–H groups in total. The van der Waals surface area contributed by atoms with Gasteiger partial charge in [0.2, 0.25) is 0 Å². The number of hydrogen-bond donors (Lipinski definition) is 1. The highest BCUT2D eigenvalue weighted by molar-refractivity contribution is 5.09. The third-order valence-electron chi connectivity index (χ3n) is 3.64. The van der Waals surface area contributed by atoms with E-state index in [4.69, 9.17) is 10.5 Å². The molecule has 0 radical (unpaired) electrons. The van der Waals surface area contributed by atoms with Crippen molar-refractivity contribution in [3.63, 3.8) is 0 Å². The molecule has 13 heavy (non-hydrogen) atoms. The van der Waals surface area contributed by atoms with Crippen LogP contribution in [0.4, 0.5) is 0 Å². The lowest BCUT2D eigenvalue weighted by Crippen LogP contribution is -2.68. The maximum atomic E-state index is 6.14. The third-order valence-corrected chi connectivity index (χ3v) is 3.64. The average molecular weight is 184 g/mol. The summed E-state index contributed by atoms with van der Waals surface area (Å²) in [5.74, 6) is 0.644. The van der Waals surface area contributed by atoms with Gasteiger partial charge in [0, 0.05) is 18.6 Å². The molecule has 0 aromatic rings. The Morgan fingerprint density at radius 1 is 1.38 bits per heavy atom. The molecule has 2 aliphatic rings. The quantitative estimate of drug-likeness (QED) is 0.692. The van der Waals surface area contributed by atoms with E-state index in [-0.39, 0.29) is 0 Å². The van der Waals surface area contributed by atoms with Gasteiger partial charge < -0.3 is 10.5 Å². The van der Waals surface area contributed by atoms with Crippen LogP contribution in [0.25, 0.3) is 0 Å². The summed E-state index contributed by atoms with van der Waals surface area (Å²) >= 11 is 0. The second kappa shape index (κ2) is 3.56. The summed E-state index contributed by atoms with van der Waals surface area (Å²) in [7, 11) is 0. The lowest BCUT2D eigenvalue weighted by Gasteiger charge is -2.50. The van der Waals surface area contributed by atoms with Gasteiger partial charge in [0.25, 0.3) is 0 Å². The minimum absolute atomic E-state index is 0.354. The number of ether oxygens (including phenoxy) is 1. The fourth-order valence-electron chi connectivity index (χ4n) is 2.81. The number of rotatable bonds is 3. The summed E-state index contributed by atoms with van der Waals surface area (Å²) in [6, 6.07) is 0.842. The maximum Gasteiger partial charge on any atom is 0.0789 e. The van der Waals surface area contributed by atoms with Gasteiger partial charge in [-0.05, 0) is 19.5 Å². The van der Waals surface area contributed by atoms with Crippen LogP contribution in [0.1, 0.15) is 20.3 Å². The van der Waals surface area contributed by atoms with E-state index in [9.17, 15) is 0 Å². The van der Waals surface area contributed by atoms with Gasteiger partial charge in [0.15, 0.2) is 0 Å². The Morgan fingerprint density at radius 3 is 2.69 bits per heavy atom. The van der Waals surface area contributed by atoms with Crippen LogP contribution < -0.4 is 5.73 Å². The highest BCUT2D eigenvalue weighted by Crippen LogP contribution is 2.40. The largest absolute Gasteiger partial charge is 0.376 e. The monoisotopic (exact) mass is 184 g/mol. The fourth-order valence-corrected chi connectivity index (χ4v) is 2.81. The zero-order valence-electron chi connectivity index (χ0n) is 8.57. The van der Waals surface area contributed by atoms with Crippen LogP contribution in [-0.4, -0.2) is 42.8 Å². The minimum atomic E-state index is 0.354. The molecule has 4 atom stereocenters. The second-order valence-corrected chi connectivity index (χ2v) is 4.08. The second-order valence-electron chi connectivity index (χ2n) is 4.08. The lowest BCUT2D eigenvalue weighted by molar-refractivity contribution is -0.0706. The number of fused-ring (bicyclic) bond motifs is 1. The minimum Gasteiger partial charge on any atom is -0.376 e. The zero-order valence-corrected chi connectivity index (χ0v) is 8.57. The van der Waals surface area contributed by atoms with Crippen molar-refractivity contribution < 1.29 is 4.74 Å². The molecule has 1 aliphatic heterocycles. The highest BCUT2D eigenvalue weighted by Gasteiger charge is 2.53. The first-order valence-electron chi connectivity index (χ1n) is 5.40. The predicted molar refractivity (Wildman–Crippen MR) is 52.5 cm³/mol. The average Bonchev–Trinajstić information content (AvgIpc) is 2.57. The first-order chi connectivity index (χ1) is 6.29. The Bertz CT molecular complexity index is 180. The van der Waals surface area contributed by atoms with Crippen molar-refractivity contribution >= 4 is 0 Å². The van der Waals surface area contributed by atoms with E-state index in [1.807, 2.05) is 0 Å². The van der Waals surface area contributed by atoms with E-state index in [2.05, 4.69) is 18.7 Å². The lowest BCUT2D eigenvalue weighted by atomic mass is 9.71. The SMILES string of the molecule is CCN(CC)C1C(N)C2CCOC21. The zero-order chi connectivity index (χ0) is 9.42. The highest BCUT2D eigenvalue weighted by atomic mass is 16.5. The van der Waals surface area contributed by atoms with E-state index >= 15 is 0 Å². The number of hydrogen-bond acceptors (Lipinski definition) is 3. The van der Waals surface area contributed by atoms with Gasteiger partial charge in [-0.15, -0.1) is 0 Å². The molecule has 1 heterocycles. The Kier molecular flexibility index (Phi) is 2.58. The van der Waals surface area contributed by atoms with Gasteiger partial charge in [-0.3, -0.25) is 4.90 Å². The Morgan fingerprint density at radius 2 is 2.08 bits per heavy atom. The van der Waals surface area contributed by atoms with Crippen molar-refractivity contribution in [3.8, 4) is 0 Å². The van der Waals surface area contributed by atoms with Gasteiger partial charge in [-0.1, -0.05) is 13.8 Å². The molecular formula is C10H20N2O. The standard InChI is InChI=1S/C10H20N2O/c1-3-12(4-2)9-8(11)7-5-6-13-10(7)9/h7-10H,3-6,11H2,1-2H3. The summed E-state index contributed by atoms with van der Waals surface area (Å²) in [5.41, 5.74) is 6.14. The van der Waals surface area contributed by atoms with E-state index in [1.54, 1.807) is 0 Å². The van der Waals surface area contributed by atoms with Gasteiger partial charge in [0.05, 0.1) is 12.1 Å². The van der Waals surface area contributed by atoms with Gasteiger partial charge in [-0.25, -0.2) is 0 Å². The summed E-state index contributed by atoms with van der Waals surface area (Å²) < 4.78 is 5.70. The Labute approximate surface area is 80.2 Å². The number of likely N-dealkylation sites (N-methyl/N-ethyl adjacent to an activating group) is 1. The van der Waals surface area contributed by atoms with Crippen molar-refractivity contribution in [2.24, 2.45) is 11.7 Å². The molecule has 0 bridgehead atoms. The van der Waals surface area contributed by atoms with Crippen LogP contribution in [0.3, 0.4) is 0 Å². The van der Waals surface area contributed by atoms with Gasteiger partial charge >= 0.3 is 0 Å². The van der Waals surface area contributed by atoms with E-state index < -0.39 is 0 Å². The number of nitrogens with zero attached hydrogens (tertiary/aromatic N) is 1. The van der Waals surface area contributed by atoms with E-state index in [0.717, 1.165) is 19.7 Å². The first-order valence-corrected chi connectivity index (χ1v) is 5.40. The summed E-state index contributed by atoms with van der Waals surface area (Å²) in [6.45, 7) is 7.47. The van der Waals surface area contributed by atoms with Crippen LogP contribution in [0, 0.1) is 5.92 Å². The van der Waals surface area contributed by atoms with Crippen molar-refractivity contribution in [3.05, 3.63) is 0 Å². The number of nitrogens with two attached hydrogens (primary N) is 1. The van der Waals surface area contributed by atoms with Crippen molar-refractivity contribution in [2.75, 3.05) is 19.7 Å². The normalized spacial score (nSPS) is 43.4. The molecule has 2 rings (SSSR count). The van der Waals surface area contributed by atoms with Crippen molar-refractivity contribution in [1.29, 1.82) is 0 Å². The van der Waals surface area contributed by atoms with Crippen LogP contribution in [0.5, 0.6) is 0 Å². The van der Waals surface area contributed by atoms with Crippen molar-refractivity contribution in [2.45, 2.75) is 38.5 Å². The van der Waals surface area contributed by atoms with Crippen LogP contribution in [0.2, 0.25) is 0 Å². The molecule has 1 saturated heterocycles. The molecule has 2 fully saturated rings. The molecule has 0 spiro atoms. The molecule has 1 saturated carbocycles. The maximum absolute atomic E-state index is 6.14. The molecule has 3 nitrogen and oxygen atoms in total. The Balaban J connectivity index is 1.99. The van der Waals surface area contributed by atoms with Crippen LogP contribution in [-0.2, 0) is 4.74 Å². The fraction of sp³-hybridized carbons (Fsp3) is 1.00. The van der Waals surface area contributed by atoms with Gasteiger partial charge in [-0.2, -0.15) is 0 Å². The van der Waals surface area contributed by atoms with E-state index in [1.165, 1.54) is 6.42 Å². The molecule has 0 amide bonds. The topological polar surface area (TPSA) is 38.5 Å². The molecule has 0 aromatic heterocycles. The molecule has 1 aliphatic carbocycles. The van der Waals surface area contributed by atoms with Crippen LogP contribution in [0.15, 0.2) is 0 Å². The molecule has 3 heteroatoms. The van der Waals surface area contributed by atoms with Crippen LogP contribution >= 0.6 is 0 Å². The van der Waals surface area contributed by atoms with Crippen molar-refractivity contribution in [1.82, 2.24) is 4.90 Å². The predicted octanol–water partition coefficient (Wildman–Crippen LogP) is 0.443. The van der Waals surface area contributed by atoms with Gasteiger partial charge in [0.1, 0.15) is 0 Å². The molecule has 76 valence electrons. The summed E-state index contributed by atoms with van der Waals surface area (Å²) in [5, 5.41) is 0.